The first kappa shape index (κ1) is 9.16. The van der Waals surface area contributed by atoms with E-state index in [1.54, 1.807) is 11.3 Å². The van der Waals surface area contributed by atoms with Gasteiger partial charge in [0.1, 0.15) is 4.99 Å². The molecule has 0 unspecified atom stereocenters. The summed E-state index contributed by atoms with van der Waals surface area (Å²) < 4.78 is 0. The second-order valence-corrected chi connectivity index (χ2v) is 4.66. The van der Waals surface area contributed by atoms with Crippen molar-refractivity contribution in [1.29, 1.82) is 0 Å². The number of likely N-dealkylation sites (tertiary alicyclic amines) is 1. The summed E-state index contributed by atoms with van der Waals surface area (Å²) in [6, 6.07) is 4.18. The van der Waals surface area contributed by atoms with Crippen molar-refractivity contribution in [3.8, 4) is 0 Å². The Balaban J connectivity index is 2.04. The van der Waals surface area contributed by atoms with Crippen LogP contribution in [0.25, 0.3) is 0 Å². The van der Waals surface area contributed by atoms with Gasteiger partial charge in [0.2, 0.25) is 0 Å². The van der Waals surface area contributed by atoms with Crippen molar-refractivity contribution in [2.75, 3.05) is 13.1 Å². The first-order chi connectivity index (χ1) is 6.38. The Morgan fingerprint density at radius 2 is 2.08 bits per heavy atom. The first-order valence-corrected chi connectivity index (χ1v) is 5.99. The van der Waals surface area contributed by atoms with E-state index < -0.39 is 0 Å². The molecule has 0 N–H and O–H groups in total. The maximum atomic E-state index is 5.43. The van der Waals surface area contributed by atoms with Gasteiger partial charge in [0.05, 0.1) is 4.88 Å². The Bertz CT molecular complexity index is 273. The average molecular weight is 211 g/mol. The summed E-state index contributed by atoms with van der Waals surface area (Å²) in [6.07, 6.45) is 3.96. The second-order valence-electron chi connectivity index (χ2n) is 3.33. The van der Waals surface area contributed by atoms with E-state index in [4.69, 9.17) is 12.2 Å². The zero-order valence-corrected chi connectivity index (χ0v) is 9.16. The third-order valence-electron chi connectivity index (χ3n) is 2.38. The van der Waals surface area contributed by atoms with Gasteiger partial charge in [-0.25, -0.2) is 0 Å². The SMILES string of the molecule is S=C(c1cccs1)N1CCCCC1. The molecule has 0 aromatic carbocycles. The molecular formula is C10H13NS2. The van der Waals surface area contributed by atoms with Gasteiger partial charge in [-0.05, 0) is 30.7 Å². The van der Waals surface area contributed by atoms with Crippen molar-refractivity contribution >= 4 is 28.5 Å². The molecule has 1 nitrogen and oxygen atoms in total. The number of rotatable bonds is 1. The Labute approximate surface area is 88.4 Å². The van der Waals surface area contributed by atoms with Crippen LogP contribution in [0.5, 0.6) is 0 Å². The van der Waals surface area contributed by atoms with Crippen LogP contribution in [0, 0.1) is 0 Å². The lowest BCUT2D eigenvalue weighted by molar-refractivity contribution is 0.348. The third-order valence-corrected chi connectivity index (χ3v) is 3.86. The fourth-order valence-corrected chi connectivity index (χ4v) is 2.74. The van der Waals surface area contributed by atoms with E-state index in [1.807, 2.05) is 0 Å². The topological polar surface area (TPSA) is 3.24 Å². The maximum Gasteiger partial charge on any atom is 0.119 e. The van der Waals surface area contributed by atoms with Crippen molar-refractivity contribution < 1.29 is 0 Å². The molecule has 3 heteroatoms. The van der Waals surface area contributed by atoms with Gasteiger partial charge in [-0.1, -0.05) is 18.3 Å². The smallest absolute Gasteiger partial charge is 0.119 e. The Kier molecular flexibility index (Phi) is 2.96. The number of hydrogen-bond acceptors (Lipinski definition) is 2. The average Bonchev–Trinajstić information content (AvgIpc) is 2.71. The van der Waals surface area contributed by atoms with E-state index in [2.05, 4.69) is 22.4 Å². The fraction of sp³-hybridized carbons (Fsp3) is 0.500. The van der Waals surface area contributed by atoms with E-state index >= 15 is 0 Å². The van der Waals surface area contributed by atoms with E-state index in [0.29, 0.717) is 0 Å². The molecule has 1 aromatic rings. The van der Waals surface area contributed by atoms with E-state index in [9.17, 15) is 0 Å². The zero-order chi connectivity index (χ0) is 9.10. The molecule has 0 radical (unpaired) electrons. The predicted molar refractivity (Wildman–Crippen MR) is 61.4 cm³/mol. The van der Waals surface area contributed by atoms with Gasteiger partial charge in [-0.3, -0.25) is 0 Å². The summed E-state index contributed by atoms with van der Waals surface area (Å²) in [5, 5.41) is 2.09. The highest BCUT2D eigenvalue weighted by Gasteiger charge is 2.14. The van der Waals surface area contributed by atoms with Crippen LogP contribution in [0.15, 0.2) is 17.5 Å². The Morgan fingerprint density at radius 1 is 1.31 bits per heavy atom. The van der Waals surface area contributed by atoms with Gasteiger partial charge in [-0.15, -0.1) is 11.3 Å². The molecule has 1 fully saturated rings. The van der Waals surface area contributed by atoms with Crippen LogP contribution in [-0.4, -0.2) is 23.0 Å². The molecule has 0 spiro atoms. The van der Waals surface area contributed by atoms with Gasteiger partial charge in [-0.2, -0.15) is 0 Å². The maximum absolute atomic E-state index is 5.43. The van der Waals surface area contributed by atoms with Crippen molar-refractivity contribution in [3.63, 3.8) is 0 Å². The van der Waals surface area contributed by atoms with Gasteiger partial charge in [0.25, 0.3) is 0 Å². The molecule has 0 amide bonds. The highest BCUT2D eigenvalue weighted by molar-refractivity contribution is 7.81. The monoisotopic (exact) mass is 211 g/mol. The molecule has 1 aromatic heterocycles. The summed E-state index contributed by atoms with van der Waals surface area (Å²) in [5.41, 5.74) is 0. The summed E-state index contributed by atoms with van der Waals surface area (Å²) in [6.45, 7) is 2.30. The minimum absolute atomic E-state index is 1.05. The van der Waals surface area contributed by atoms with Crippen LogP contribution in [0.4, 0.5) is 0 Å². The van der Waals surface area contributed by atoms with Gasteiger partial charge >= 0.3 is 0 Å². The number of thiocarbonyl (C=S) groups is 1. The Morgan fingerprint density at radius 3 is 2.69 bits per heavy atom. The third kappa shape index (κ3) is 2.09. The Hall–Kier alpha value is -0.410. The van der Waals surface area contributed by atoms with Gasteiger partial charge in [0.15, 0.2) is 0 Å². The summed E-state index contributed by atoms with van der Waals surface area (Å²) in [4.78, 5) is 4.64. The molecule has 13 heavy (non-hydrogen) atoms. The van der Waals surface area contributed by atoms with Crippen LogP contribution in [0.2, 0.25) is 0 Å². The lowest BCUT2D eigenvalue weighted by Gasteiger charge is -2.28. The van der Waals surface area contributed by atoms with Crippen LogP contribution in [0.3, 0.4) is 0 Å². The normalized spacial score (nSPS) is 17.4. The molecular weight excluding hydrogens is 198 g/mol. The lowest BCUT2D eigenvalue weighted by atomic mass is 10.1. The number of thiophene rings is 1. The molecule has 1 saturated heterocycles. The molecule has 0 atom stereocenters. The molecule has 2 heterocycles. The second kappa shape index (κ2) is 4.20. The minimum Gasteiger partial charge on any atom is -0.362 e. The van der Waals surface area contributed by atoms with E-state index in [0.717, 1.165) is 18.1 Å². The molecule has 70 valence electrons. The number of hydrogen-bond donors (Lipinski definition) is 0. The van der Waals surface area contributed by atoms with Crippen LogP contribution in [0.1, 0.15) is 24.1 Å². The molecule has 0 saturated carbocycles. The van der Waals surface area contributed by atoms with Crippen LogP contribution < -0.4 is 0 Å². The van der Waals surface area contributed by atoms with E-state index in [1.165, 1.54) is 24.1 Å². The predicted octanol–water partition coefficient (Wildman–Crippen LogP) is 2.91. The summed E-state index contributed by atoms with van der Waals surface area (Å²) in [7, 11) is 0. The zero-order valence-electron chi connectivity index (χ0n) is 7.53. The molecule has 2 rings (SSSR count). The lowest BCUT2D eigenvalue weighted by Crippen LogP contribution is -2.34. The number of nitrogens with zero attached hydrogens (tertiary/aromatic N) is 1. The fourth-order valence-electron chi connectivity index (χ4n) is 1.65. The van der Waals surface area contributed by atoms with Gasteiger partial charge < -0.3 is 4.90 Å². The van der Waals surface area contributed by atoms with Crippen LogP contribution >= 0.6 is 23.6 Å². The first-order valence-electron chi connectivity index (χ1n) is 4.71. The highest BCUT2D eigenvalue weighted by atomic mass is 32.1. The molecule has 1 aliphatic rings. The van der Waals surface area contributed by atoms with Gasteiger partial charge in [0, 0.05) is 13.1 Å². The standard InChI is InChI=1S/C10H13NS2/c12-10(9-5-4-8-13-9)11-6-2-1-3-7-11/h4-5,8H,1-3,6-7H2. The quantitative estimate of drug-likeness (QED) is 0.657. The molecule has 0 bridgehead atoms. The minimum atomic E-state index is 1.05. The number of piperidine rings is 1. The summed E-state index contributed by atoms with van der Waals surface area (Å²) >= 11 is 7.17. The van der Waals surface area contributed by atoms with Crippen LogP contribution in [-0.2, 0) is 0 Å². The van der Waals surface area contributed by atoms with E-state index in [-0.39, 0.29) is 0 Å². The largest absolute Gasteiger partial charge is 0.362 e. The van der Waals surface area contributed by atoms with Crippen molar-refractivity contribution in [2.24, 2.45) is 0 Å². The molecule has 1 aliphatic heterocycles. The highest BCUT2D eigenvalue weighted by Crippen LogP contribution is 2.17. The van der Waals surface area contributed by atoms with Crippen molar-refractivity contribution in [2.45, 2.75) is 19.3 Å². The van der Waals surface area contributed by atoms with Crippen molar-refractivity contribution in [3.05, 3.63) is 22.4 Å². The summed E-state index contributed by atoms with van der Waals surface area (Å²) in [5.74, 6) is 0. The molecule has 0 aliphatic carbocycles. The van der Waals surface area contributed by atoms with Crippen molar-refractivity contribution in [1.82, 2.24) is 4.90 Å².